The van der Waals surface area contributed by atoms with Crippen LogP contribution in [0.2, 0.25) is 5.02 Å². The van der Waals surface area contributed by atoms with Crippen molar-refractivity contribution in [3.63, 3.8) is 0 Å². The number of benzene rings is 1. The van der Waals surface area contributed by atoms with E-state index in [-0.39, 0.29) is 11.1 Å². The summed E-state index contributed by atoms with van der Waals surface area (Å²) in [7, 11) is 0. The van der Waals surface area contributed by atoms with Crippen molar-refractivity contribution in [2.24, 2.45) is 11.7 Å². The first-order chi connectivity index (χ1) is 8.49. The zero-order valence-corrected chi connectivity index (χ0v) is 11.9. The molecule has 1 nitrogen and oxygen atoms in total. The molecular weight excluding hydrogens is 269 g/mol. The van der Waals surface area contributed by atoms with Gasteiger partial charge in [-0.25, -0.2) is 4.39 Å². The van der Waals surface area contributed by atoms with Crippen LogP contribution in [0.1, 0.15) is 24.8 Å². The van der Waals surface area contributed by atoms with Gasteiger partial charge in [0.1, 0.15) is 5.82 Å². The largest absolute Gasteiger partial charge is 0.323 e. The molecule has 0 aliphatic carbocycles. The van der Waals surface area contributed by atoms with Crippen molar-refractivity contribution in [3.8, 4) is 10.4 Å². The Hall–Kier alpha value is -0.900. The van der Waals surface area contributed by atoms with Crippen LogP contribution in [0.4, 0.5) is 4.39 Å². The topological polar surface area (TPSA) is 26.0 Å². The number of halogens is 2. The molecule has 1 atom stereocenters. The summed E-state index contributed by atoms with van der Waals surface area (Å²) in [5, 5.41) is 0.148. The van der Waals surface area contributed by atoms with Crippen molar-refractivity contribution in [1.29, 1.82) is 0 Å². The van der Waals surface area contributed by atoms with Crippen LogP contribution in [0, 0.1) is 11.7 Å². The minimum absolute atomic E-state index is 0.0286. The van der Waals surface area contributed by atoms with Crippen LogP contribution in [0.3, 0.4) is 0 Å². The molecule has 96 valence electrons. The molecule has 0 radical (unpaired) electrons. The van der Waals surface area contributed by atoms with Gasteiger partial charge in [0.25, 0.3) is 0 Å². The lowest BCUT2D eigenvalue weighted by Crippen LogP contribution is -2.14. The Labute approximate surface area is 115 Å². The van der Waals surface area contributed by atoms with Crippen molar-refractivity contribution >= 4 is 22.9 Å². The van der Waals surface area contributed by atoms with Crippen LogP contribution >= 0.6 is 22.9 Å². The first-order valence-electron chi connectivity index (χ1n) is 5.79. The second-order valence-corrected chi connectivity index (χ2v) is 6.12. The van der Waals surface area contributed by atoms with Crippen LogP contribution < -0.4 is 5.73 Å². The maximum Gasteiger partial charge on any atom is 0.142 e. The van der Waals surface area contributed by atoms with Crippen molar-refractivity contribution in [3.05, 3.63) is 46.0 Å². The Bertz CT molecular complexity index is 550. The van der Waals surface area contributed by atoms with E-state index in [2.05, 4.69) is 13.8 Å². The van der Waals surface area contributed by atoms with E-state index in [0.29, 0.717) is 5.92 Å². The van der Waals surface area contributed by atoms with E-state index >= 15 is 0 Å². The minimum atomic E-state index is -0.391. The smallest absolute Gasteiger partial charge is 0.142 e. The standard InChI is InChI=1S/C14H15ClFNS/c1-8(2)14(17)13-6-5-12(18-13)9-3-4-10(15)11(16)7-9/h3-8,14H,17H2,1-2H3. The van der Waals surface area contributed by atoms with Crippen LogP contribution in [-0.4, -0.2) is 0 Å². The molecule has 2 N–H and O–H groups in total. The van der Waals surface area contributed by atoms with E-state index in [9.17, 15) is 4.39 Å². The fourth-order valence-corrected chi connectivity index (χ4v) is 2.96. The third kappa shape index (κ3) is 2.74. The molecule has 0 bridgehead atoms. The summed E-state index contributed by atoms with van der Waals surface area (Å²) < 4.78 is 13.4. The number of hydrogen-bond acceptors (Lipinski definition) is 2. The van der Waals surface area contributed by atoms with Gasteiger partial charge in [0, 0.05) is 15.8 Å². The van der Waals surface area contributed by atoms with Crippen molar-refractivity contribution in [1.82, 2.24) is 0 Å². The Morgan fingerprint density at radius 3 is 2.56 bits per heavy atom. The van der Waals surface area contributed by atoms with Crippen molar-refractivity contribution in [2.45, 2.75) is 19.9 Å². The van der Waals surface area contributed by atoms with E-state index in [0.717, 1.165) is 15.3 Å². The van der Waals surface area contributed by atoms with Crippen LogP contribution in [-0.2, 0) is 0 Å². The molecule has 0 saturated heterocycles. The van der Waals surface area contributed by atoms with Gasteiger partial charge in [-0.2, -0.15) is 0 Å². The quantitative estimate of drug-likeness (QED) is 0.855. The first-order valence-corrected chi connectivity index (χ1v) is 6.99. The predicted molar refractivity (Wildman–Crippen MR) is 76.5 cm³/mol. The van der Waals surface area contributed by atoms with Gasteiger partial charge in [-0.1, -0.05) is 31.5 Å². The number of rotatable bonds is 3. The Morgan fingerprint density at radius 2 is 1.94 bits per heavy atom. The molecule has 1 unspecified atom stereocenters. The molecule has 18 heavy (non-hydrogen) atoms. The fourth-order valence-electron chi connectivity index (χ4n) is 1.67. The molecule has 0 aliphatic heterocycles. The summed E-state index contributed by atoms with van der Waals surface area (Å²) >= 11 is 7.28. The number of hydrogen-bond donors (Lipinski definition) is 1. The Balaban J connectivity index is 2.32. The Morgan fingerprint density at radius 1 is 1.22 bits per heavy atom. The van der Waals surface area contributed by atoms with E-state index in [1.165, 1.54) is 6.07 Å². The highest BCUT2D eigenvalue weighted by Gasteiger charge is 2.14. The van der Waals surface area contributed by atoms with Gasteiger partial charge in [0.05, 0.1) is 5.02 Å². The molecule has 0 spiro atoms. The maximum atomic E-state index is 13.4. The Kier molecular flexibility index (Phi) is 4.05. The summed E-state index contributed by atoms with van der Waals surface area (Å²) in [6.45, 7) is 4.18. The van der Waals surface area contributed by atoms with E-state index in [4.69, 9.17) is 17.3 Å². The molecule has 1 heterocycles. The number of thiophene rings is 1. The molecule has 0 fully saturated rings. The van der Waals surface area contributed by atoms with E-state index in [1.54, 1.807) is 17.4 Å². The van der Waals surface area contributed by atoms with Crippen molar-refractivity contribution in [2.75, 3.05) is 0 Å². The molecule has 0 amide bonds. The molecule has 0 saturated carbocycles. The first kappa shape index (κ1) is 13.5. The van der Waals surface area contributed by atoms with Gasteiger partial charge < -0.3 is 5.73 Å². The highest BCUT2D eigenvalue weighted by Crippen LogP contribution is 2.34. The summed E-state index contributed by atoms with van der Waals surface area (Å²) in [6.07, 6.45) is 0. The molecular formula is C14H15ClFNS. The summed E-state index contributed by atoms with van der Waals surface area (Å²) in [6, 6.07) is 8.87. The van der Waals surface area contributed by atoms with Crippen molar-refractivity contribution < 1.29 is 4.39 Å². The molecule has 1 aromatic carbocycles. The summed E-state index contributed by atoms with van der Waals surface area (Å²) in [5.74, 6) is -0.00395. The van der Waals surface area contributed by atoms with Crippen LogP contribution in [0.25, 0.3) is 10.4 Å². The zero-order chi connectivity index (χ0) is 13.3. The van der Waals surface area contributed by atoms with Crippen LogP contribution in [0.15, 0.2) is 30.3 Å². The van der Waals surface area contributed by atoms with Gasteiger partial charge >= 0.3 is 0 Å². The number of nitrogens with two attached hydrogens (primary N) is 1. The summed E-state index contributed by atoms with van der Waals surface area (Å²) in [5.41, 5.74) is 6.94. The van der Waals surface area contributed by atoms with Crippen LogP contribution in [0.5, 0.6) is 0 Å². The molecule has 0 aliphatic rings. The highest BCUT2D eigenvalue weighted by molar-refractivity contribution is 7.15. The third-order valence-corrected chi connectivity index (χ3v) is 4.42. The van der Waals surface area contributed by atoms with Gasteiger partial charge in [-0.3, -0.25) is 0 Å². The van der Waals surface area contributed by atoms with Gasteiger partial charge in [-0.15, -0.1) is 11.3 Å². The predicted octanol–water partition coefficient (Wildman–Crippen LogP) is 4.86. The van der Waals surface area contributed by atoms with E-state index in [1.807, 2.05) is 18.2 Å². The maximum absolute atomic E-state index is 13.4. The van der Waals surface area contributed by atoms with Gasteiger partial charge in [0.2, 0.25) is 0 Å². The molecule has 4 heteroatoms. The lowest BCUT2D eigenvalue weighted by atomic mass is 10.0. The van der Waals surface area contributed by atoms with E-state index < -0.39 is 5.82 Å². The normalized spacial score (nSPS) is 13.0. The second kappa shape index (κ2) is 5.39. The average Bonchev–Trinajstić information content (AvgIpc) is 2.81. The monoisotopic (exact) mass is 283 g/mol. The molecule has 1 aromatic heterocycles. The van der Waals surface area contributed by atoms with Gasteiger partial charge in [0.15, 0.2) is 0 Å². The third-order valence-electron chi connectivity index (χ3n) is 2.88. The second-order valence-electron chi connectivity index (χ2n) is 4.60. The lowest BCUT2D eigenvalue weighted by molar-refractivity contribution is 0.521. The SMILES string of the molecule is CC(C)C(N)c1ccc(-c2ccc(Cl)c(F)c2)s1. The molecule has 2 aromatic rings. The fraction of sp³-hybridized carbons (Fsp3) is 0.286. The zero-order valence-electron chi connectivity index (χ0n) is 10.3. The lowest BCUT2D eigenvalue weighted by Gasteiger charge is -2.12. The highest BCUT2D eigenvalue weighted by atomic mass is 35.5. The summed E-state index contributed by atoms with van der Waals surface area (Å²) in [4.78, 5) is 2.13. The molecule has 2 rings (SSSR count). The minimum Gasteiger partial charge on any atom is -0.323 e. The van der Waals surface area contributed by atoms with Gasteiger partial charge in [-0.05, 0) is 35.7 Å². The average molecular weight is 284 g/mol.